The van der Waals surface area contributed by atoms with Crippen LogP contribution in [0.4, 0.5) is 10.5 Å². The quantitative estimate of drug-likeness (QED) is 0.686. The standard InChI is InChI=1S/C16H27N3O2/c1-4-19(15-8-6-5-7-13(15)2)12-11-18-16(21)17-10-9-14(3)20/h5-8,14,20H,4,9-12H2,1-3H3,(H2,17,18,21). The van der Waals surface area contributed by atoms with Crippen molar-refractivity contribution in [3.05, 3.63) is 29.8 Å². The van der Waals surface area contributed by atoms with Crippen LogP contribution in [0.15, 0.2) is 24.3 Å². The van der Waals surface area contributed by atoms with Gasteiger partial charge in [0, 0.05) is 31.9 Å². The predicted octanol–water partition coefficient (Wildman–Crippen LogP) is 1.89. The fourth-order valence-corrected chi connectivity index (χ4v) is 2.13. The summed E-state index contributed by atoms with van der Waals surface area (Å²) in [5.41, 5.74) is 2.44. The van der Waals surface area contributed by atoms with Gasteiger partial charge in [-0.05, 0) is 38.8 Å². The van der Waals surface area contributed by atoms with Gasteiger partial charge in [-0.3, -0.25) is 0 Å². The number of rotatable bonds is 8. The highest BCUT2D eigenvalue weighted by atomic mass is 16.3. The molecule has 1 aromatic rings. The molecule has 0 aromatic heterocycles. The van der Waals surface area contributed by atoms with Gasteiger partial charge in [-0.2, -0.15) is 0 Å². The van der Waals surface area contributed by atoms with Crippen LogP contribution in [0.1, 0.15) is 25.8 Å². The van der Waals surface area contributed by atoms with E-state index in [1.807, 2.05) is 12.1 Å². The number of nitrogens with one attached hydrogen (secondary N) is 2. The number of para-hydroxylation sites is 1. The largest absolute Gasteiger partial charge is 0.393 e. The summed E-state index contributed by atoms with van der Waals surface area (Å²) in [6.07, 6.45) is 0.180. The van der Waals surface area contributed by atoms with E-state index in [0.717, 1.165) is 13.1 Å². The van der Waals surface area contributed by atoms with Crippen LogP contribution in [-0.4, -0.2) is 43.4 Å². The number of hydrogen-bond acceptors (Lipinski definition) is 3. The molecule has 1 aromatic carbocycles. The maximum atomic E-state index is 11.6. The van der Waals surface area contributed by atoms with Crippen LogP contribution in [0, 0.1) is 6.92 Å². The van der Waals surface area contributed by atoms with E-state index in [1.54, 1.807) is 6.92 Å². The Morgan fingerprint density at radius 2 is 1.95 bits per heavy atom. The summed E-state index contributed by atoms with van der Waals surface area (Å²) in [5, 5.41) is 14.7. The van der Waals surface area contributed by atoms with E-state index in [0.29, 0.717) is 19.5 Å². The van der Waals surface area contributed by atoms with Crippen molar-refractivity contribution in [3.63, 3.8) is 0 Å². The fraction of sp³-hybridized carbons (Fsp3) is 0.562. The molecule has 0 aliphatic carbocycles. The molecule has 118 valence electrons. The van der Waals surface area contributed by atoms with Gasteiger partial charge in [0.25, 0.3) is 0 Å². The molecule has 21 heavy (non-hydrogen) atoms. The number of aliphatic hydroxyl groups excluding tert-OH is 1. The molecule has 1 atom stereocenters. The predicted molar refractivity (Wildman–Crippen MR) is 86.8 cm³/mol. The van der Waals surface area contributed by atoms with Gasteiger partial charge in [0.2, 0.25) is 0 Å². The van der Waals surface area contributed by atoms with Crippen molar-refractivity contribution in [1.29, 1.82) is 0 Å². The van der Waals surface area contributed by atoms with Crippen LogP contribution in [0.5, 0.6) is 0 Å². The van der Waals surface area contributed by atoms with E-state index in [9.17, 15) is 4.79 Å². The van der Waals surface area contributed by atoms with Gasteiger partial charge in [-0.1, -0.05) is 18.2 Å². The van der Waals surface area contributed by atoms with Gasteiger partial charge in [-0.15, -0.1) is 0 Å². The third kappa shape index (κ3) is 6.49. The minimum Gasteiger partial charge on any atom is -0.393 e. The zero-order chi connectivity index (χ0) is 15.7. The molecule has 0 radical (unpaired) electrons. The smallest absolute Gasteiger partial charge is 0.314 e. The molecule has 0 fully saturated rings. The summed E-state index contributed by atoms with van der Waals surface area (Å²) in [4.78, 5) is 13.8. The molecule has 0 bridgehead atoms. The minimum atomic E-state index is -0.387. The van der Waals surface area contributed by atoms with Crippen molar-refractivity contribution in [2.24, 2.45) is 0 Å². The number of aliphatic hydroxyl groups is 1. The fourth-order valence-electron chi connectivity index (χ4n) is 2.13. The lowest BCUT2D eigenvalue weighted by Gasteiger charge is -2.25. The lowest BCUT2D eigenvalue weighted by Crippen LogP contribution is -2.41. The summed E-state index contributed by atoms with van der Waals surface area (Å²) in [6, 6.07) is 8.06. The van der Waals surface area contributed by atoms with E-state index in [-0.39, 0.29) is 12.1 Å². The van der Waals surface area contributed by atoms with E-state index in [2.05, 4.69) is 41.5 Å². The van der Waals surface area contributed by atoms with Crippen molar-refractivity contribution in [1.82, 2.24) is 10.6 Å². The monoisotopic (exact) mass is 293 g/mol. The maximum Gasteiger partial charge on any atom is 0.314 e. The lowest BCUT2D eigenvalue weighted by atomic mass is 10.2. The number of amides is 2. The third-order valence-electron chi connectivity index (χ3n) is 3.35. The summed E-state index contributed by atoms with van der Waals surface area (Å²) in [5.74, 6) is 0. The van der Waals surface area contributed by atoms with Gasteiger partial charge in [0.1, 0.15) is 0 Å². The number of carbonyl (C=O) groups excluding carboxylic acids is 1. The third-order valence-corrected chi connectivity index (χ3v) is 3.35. The molecular weight excluding hydrogens is 266 g/mol. The summed E-state index contributed by atoms with van der Waals surface area (Å²) in [6.45, 7) is 8.65. The van der Waals surface area contributed by atoms with Gasteiger partial charge in [-0.25, -0.2) is 4.79 Å². The van der Waals surface area contributed by atoms with Crippen LogP contribution in [0.25, 0.3) is 0 Å². The van der Waals surface area contributed by atoms with Crippen LogP contribution >= 0.6 is 0 Å². The molecule has 1 unspecified atom stereocenters. The topological polar surface area (TPSA) is 64.6 Å². The molecule has 0 aliphatic rings. The normalized spacial score (nSPS) is 11.8. The first-order chi connectivity index (χ1) is 10.0. The van der Waals surface area contributed by atoms with Crippen molar-refractivity contribution >= 4 is 11.7 Å². The Labute approximate surface area is 127 Å². The number of anilines is 1. The first-order valence-electron chi connectivity index (χ1n) is 7.55. The number of urea groups is 1. The highest BCUT2D eigenvalue weighted by Gasteiger charge is 2.07. The number of benzene rings is 1. The van der Waals surface area contributed by atoms with Crippen molar-refractivity contribution in [2.45, 2.75) is 33.3 Å². The molecule has 0 saturated carbocycles. The second-order valence-electron chi connectivity index (χ2n) is 5.19. The Kier molecular flexibility index (Phi) is 7.61. The molecule has 2 amide bonds. The van der Waals surface area contributed by atoms with Crippen LogP contribution in [0.2, 0.25) is 0 Å². The second kappa shape index (κ2) is 9.23. The van der Waals surface area contributed by atoms with E-state index in [4.69, 9.17) is 5.11 Å². The first kappa shape index (κ1) is 17.3. The number of hydrogen-bond donors (Lipinski definition) is 3. The summed E-state index contributed by atoms with van der Waals surface area (Å²) in [7, 11) is 0. The van der Waals surface area contributed by atoms with E-state index >= 15 is 0 Å². The minimum absolute atomic E-state index is 0.184. The zero-order valence-corrected chi connectivity index (χ0v) is 13.2. The molecule has 0 heterocycles. The maximum absolute atomic E-state index is 11.6. The molecule has 0 spiro atoms. The Morgan fingerprint density at radius 1 is 1.29 bits per heavy atom. The van der Waals surface area contributed by atoms with Gasteiger partial charge >= 0.3 is 6.03 Å². The van der Waals surface area contributed by atoms with Crippen LogP contribution in [0.3, 0.4) is 0 Å². The average molecular weight is 293 g/mol. The van der Waals surface area contributed by atoms with Crippen LogP contribution < -0.4 is 15.5 Å². The zero-order valence-electron chi connectivity index (χ0n) is 13.2. The average Bonchev–Trinajstić information content (AvgIpc) is 2.44. The van der Waals surface area contributed by atoms with Crippen molar-refractivity contribution < 1.29 is 9.90 Å². The van der Waals surface area contributed by atoms with E-state index in [1.165, 1.54) is 11.3 Å². The number of likely N-dealkylation sites (N-methyl/N-ethyl adjacent to an activating group) is 1. The SMILES string of the molecule is CCN(CCNC(=O)NCCC(C)O)c1ccccc1C. The van der Waals surface area contributed by atoms with Crippen LogP contribution in [-0.2, 0) is 0 Å². The van der Waals surface area contributed by atoms with Gasteiger partial charge in [0.05, 0.1) is 6.10 Å². The molecule has 5 heteroatoms. The number of aryl methyl sites for hydroxylation is 1. The highest BCUT2D eigenvalue weighted by Crippen LogP contribution is 2.18. The summed E-state index contributed by atoms with van der Waals surface area (Å²) < 4.78 is 0. The Balaban J connectivity index is 2.33. The second-order valence-corrected chi connectivity index (χ2v) is 5.19. The molecule has 5 nitrogen and oxygen atoms in total. The van der Waals surface area contributed by atoms with Crippen molar-refractivity contribution in [3.8, 4) is 0 Å². The first-order valence-corrected chi connectivity index (χ1v) is 7.55. The Morgan fingerprint density at radius 3 is 2.57 bits per heavy atom. The lowest BCUT2D eigenvalue weighted by molar-refractivity contribution is 0.183. The Bertz CT molecular complexity index is 435. The number of nitrogens with zero attached hydrogens (tertiary/aromatic N) is 1. The molecule has 0 saturated heterocycles. The number of carbonyl (C=O) groups is 1. The highest BCUT2D eigenvalue weighted by molar-refractivity contribution is 5.73. The Hall–Kier alpha value is -1.75. The molecule has 3 N–H and O–H groups in total. The van der Waals surface area contributed by atoms with E-state index < -0.39 is 0 Å². The molecule has 1 rings (SSSR count). The van der Waals surface area contributed by atoms with Crippen molar-refractivity contribution in [2.75, 3.05) is 31.1 Å². The molecule has 0 aliphatic heterocycles. The van der Waals surface area contributed by atoms with Gasteiger partial charge < -0.3 is 20.6 Å². The molecular formula is C16H27N3O2. The van der Waals surface area contributed by atoms with Gasteiger partial charge in [0.15, 0.2) is 0 Å². The summed E-state index contributed by atoms with van der Waals surface area (Å²) >= 11 is 0.